The van der Waals surface area contributed by atoms with Crippen LogP contribution in [0.15, 0.2) is 18.2 Å². The van der Waals surface area contributed by atoms with E-state index in [0.717, 1.165) is 5.56 Å². The van der Waals surface area contributed by atoms with Gasteiger partial charge in [0.1, 0.15) is 12.4 Å². The Kier molecular flexibility index (Phi) is 3.33. The predicted molar refractivity (Wildman–Crippen MR) is 64.3 cm³/mol. The van der Waals surface area contributed by atoms with Crippen LogP contribution in [0.1, 0.15) is 22.8 Å². The van der Waals surface area contributed by atoms with Crippen molar-refractivity contribution in [3.05, 3.63) is 29.3 Å². The van der Waals surface area contributed by atoms with Crippen molar-refractivity contribution in [2.45, 2.75) is 19.9 Å². The molecule has 0 saturated carbocycles. The third-order valence-electron chi connectivity index (χ3n) is 2.98. The lowest BCUT2D eigenvalue weighted by Crippen LogP contribution is -2.41. The molecule has 1 aliphatic heterocycles. The molecule has 4 nitrogen and oxygen atoms in total. The maximum absolute atomic E-state index is 12.3. The van der Waals surface area contributed by atoms with Gasteiger partial charge in [0.15, 0.2) is 0 Å². The number of hydrogen-bond donors (Lipinski definition) is 1. The highest BCUT2D eigenvalue weighted by Gasteiger charge is 2.27. The van der Waals surface area contributed by atoms with E-state index in [1.807, 2.05) is 32.0 Å². The zero-order valence-corrected chi connectivity index (χ0v) is 10.1. The van der Waals surface area contributed by atoms with Gasteiger partial charge in [-0.15, -0.1) is 0 Å². The number of aryl methyl sites for hydroxylation is 1. The number of aliphatic hydroxyl groups excluding tert-OH is 1. The summed E-state index contributed by atoms with van der Waals surface area (Å²) in [6.45, 7) is 4.64. The van der Waals surface area contributed by atoms with E-state index >= 15 is 0 Å². The fraction of sp³-hybridized carbons (Fsp3) is 0.462. The van der Waals surface area contributed by atoms with E-state index in [-0.39, 0.29) is 18.6 Å². The summed E-state index contributed by atoms with van der Waals surface area (Å²) in [5.41, 5.74) is 1.61. The van der Waals surface area contributed by atoms with Crippen molar-refractivity contribution >= 4 is 5.91 Å². The minimum Gasteiger partial charge on any atom is -0.491 e. The molecule has 1 aliphatic rings. The molecule has 17 heavy (non-hydrogen) atoms. The Bertz CT molecular complexity index is 431. The summed E-state index contributed by atoms with van der Waals surface area (Å²) in [6, 6.07) is 5.57. The predicted octanol–water partition coefficient (Wildman–Crippen LogP) is 1.21. The summed E-state index contributed by atoms with van der Waals surface area (Å²) in [5, 5.41) is 9.01. The van der Waals surface area contributed by atoms with Crippen molar-refractivity contribution in [1.82, 2.24) is 4.90 Å². The van der Waals surface area contributed by atoms with Crippen LogP contribution in [0.25, 0.3) is 0 Å². The average Bonchev–Trinajstić information content (AvgIpc) is 2.42. The normalized spacial score (nSPS) is 19.6. The maximum atomic E-state index is 12.3. The minimum absolute atomic E-state index is 0.0256. The van der Waals surface area contributed by atoms with Crippen molar-refractivity contribution in [2.24, 2.45) is 0 Å². The molecule has 2 rings (SSSR count). The Morgan fingerprint density at radius 2 is 2.29 bits per heavy atom. The van der Waals surface area contributed by atoms with Crippen molar-refractivity contribution < 1.29 is 14.6 Å². The van der Waals surface area contributed by atoms with Gasteiger partial charge in [0.2, 0.25) is 0 Å². The van der Waals surface area contributed by atoms with Crippen molar-refractivity contribution in [3.8, 4) is 5.75 Å². The quantitative estimate of drug-likeness (QED) is 0.838. The van der Waals surface area contributed by atoms with Crippen LogP contribution in [0.3, 0.4) is 0 Å². The standard InChI is InChI=1S/C13H17NO3/c1-9-3-4-12-11(7-9)13(16)14(5-6-15)10(2)8-17-12/h3-4,7,10,15H,5-6,8H2,1-2H3/t10-/m0/s1. The SMILES string of the molecule is Cc1ccc2c(c1)C(=O)N(CCO)[C@@H](C)CO2. The van der Waals surface area contributed by atoms with Gasteiger partial charge in [-0.2, -0.15) is 0 Å². The van der Waals surface area contributed by atoms with E-state index in [4.69, 9.17) is 9.84 Å². The Balaban J connectivity index is 2.40. The van der Waals surface area contributed by atoms with Crippen molar-refractivity contribution in [2.75, 3.05) is 19.8 Å². The van der Waals surface area contributed by atoms with E-state index < -0.39 is 0 Å². The largest absolute Gasteiger partial charge is 0.491 e. The van der Waals surface area contributed by atoms with Crippen LogP contribution in [0.5, 0.6) is 5.75 Å². The van der Waals surface area contributed by atoms with Crippen LogP contribution < -0.4 is 4.74 Å². The van der Waals surface area contributed by atoms with Gasteiger partial charge in [0, 0.05) is 6.54 Å². The lowest BCUT2D eigenvalue weighted by atomic mass is 10.1. The summed E-state index contributed by atoms with van der Waals surface area (Å²) in [6.07, 6.45) is 0. The molecule has 0 bridgehead atoms. The van der Waals surface area contributed by atoms with Crippen molar-refractivity contribution in [3.63, 3.8) is 0 Å². The molecule has 0 aliphatic carbocycles. The Morgan fingerprint density at radius 1 is 1.53 bits per heavy atom. The number of aliphatic hydroxyl groups is 1. The summed E-state index contributed by atoms with van der Waals surface area (Å²) in [5.74, 6) is 0.565. The second-order valence-electron chi connectivity index (χ2n) is 4.38. The van der Waals surface area contributed by atoms with E-state index in [1.165, 1.54) is 0 Å². The molecule has 1 atom stereocenters. The summed E-state index contributed by atoms with van der Waals surface area (Å²) in [4.78, 5) is 14.0. The van der Waals surface area contributed by atoms with Crippen LogP contribution in [-0.2, 0) is 0 Å². The van der Waals surface area contributed by atoms with Crippen LogP contribution in [0, 0.1) is 6.92 Å². The van der Waals surface area contributed by atoms with Gasteiger partial charge in [-0.25, -0.2) is 0 Å². The number of nitrogens with zero attached hydrogens (tertiary/aromatic N) is 1. The first-order valence-corrected chi connectivity index (χ1v) is 5.78. The molecule has 0 radical (unpaired) electrons. The summed E-state index contributed by atoms with van der Waals surface area (Å²) >= 11 is 0. The molecule has 0 unspecified atom stereocenters. The third-order valence-corrected chi connectivity index (χ3v) is 2.98. The van der Waals surface area contributed by atoms with Gasteiger partial charge >= 0.3 is 0 Å². The average molecular weight is 235 g/mol. The molecule has 1 heterocycles. The molecule has 0 aromatic heterocycles. The number of ether oxygens (including phenoxy) is 1. The molecular formula is C13H17NO3. The molecule has 0 fully saturated rings. The number of carbonyl (C=O) groups excluding carboxylic acids is 1. The first-order valence-electron chi connectivity index (χ1n) is 5.78. The Labute approximate surface area is 101 Å². The smallest absolute Gasteiger partial charge is 0.258 e. The molecular weight excluding hydrogens is 218 g/mol. The summed E-state index contributed by atoms with van der Waals surface area (Å²) < 4.78 is 5.62. The van der Waals surface area contributed by atoms with Crippen LogP contribution in [-0.4, -0.2) is 41.7 Å². The van der Waals surface area contributed by atoms with E-state index in [2.05, 4.69) is 0 Å². The fourth-order valence-electron chi connectivity index (χ4n) is 2.02. The molecule has 0 spiro atoms. The van der Waals surface area contributed by atoms with Gasteiger partial charge in [0.25, 0.3) is 5.91 Å². The van der Waals surface area contributed by atoms with Gasteiger partial charge in [-0.1, -0.05) is 11.6 Å². The third kappa shape index (κ3) is 2.26. The van der Waals surface area contributed by atoms with Crippen molar-refractivity contribution in [1.29, 1.82) is 0 Å². The Hall–Kier alpha value is -1.55. The number of fused-ring (bicyclic) bond motifs is 1. The van der Waals surface area contributed by atoms with Gasteiger partial charge in [-0.05, 0) is 26.0 Å². The molecule has 0 saturated heterocycles. The molecule has 4 heteroatoms. The zero-order chi connectivity index (χ0) is 12.4. The topological polar surface area (TPSA) is 49.8 Å². The van der Waals surface area contributed by atoms with Crippen LogP contribution >= 0.6 is 0 Å². The monoisotopic (exact) mass is 235 g/mol. The number of hydrogen-bond acceptors (Lipinski definition) is 3. The first kappa shape index (κ1) is 11.9. The van der Waals surface area contributed by atoms with Gasteiger partial charge < -0.3 is 14.7 Å². The number of rotatable bonds is 2. The highest BCUT2D eigenvalue weighted by Crippen LogP contribution is 2.25. The molecule has 1 N–H and O–H groups in total. The lowest BCUT2D eigenvalue weighted by Gasteiger charge is -2.25. The zero-order valence-electron chi connectivity index (χ0n) is 10.1. The van der Waals surface area contributed by atoms with Gasteiger partial charge in [-0.3, -0.25) is 4.79 Å². The van der Waals surface area contributed by atoms with E-state index in [1.54, 1.807) is 4.90 Å². The van der Waals surface area contributed by atoms with E-state index in [0.29, 0.717) is 24.5 Å². The molecule has 1 aromatic rings. The summed E-state index contributed by atoms with van der Waals surface area (Å²) in [7, 11) is 0. The number of β-amino-alcohol motifs (C(OH)–C–C–N with tert-alkyl or cyclic N) is 1. The second-order valence-corrected chi connectivity index (χ2v) is 4.38. The van der Waals surface area contributed by atoms with Crippen LogP contribution in [0.2, 0.25) is 0 Å². The first-order chi connectivity index (χ1) is 8.13. The molecule has 92 valence electrons. The number of benzene rings is 1. The maximum Gasteiger partial charge on any atom is 0.258 e. The second kappa shape index (κ2) is 4.75. The molecule has 1 aromatic carbocycles. The fourth-order valence-corrected chi connectivity index (χ4v) is 2.02. The Morgan fingerprint density at radius 3 is 3.00 bits per heavy atom. The molecule has 1 amide bonds. The number of carbonyl (C=O) groups is 1. The lowest BCUT2D eigenvalue weighted by molar-refractivity contribution is 0.0629. The number of amides is 1. The highest BCUT2D eigenvalue weighted by atomic mass is 16.5. The van der Waals surface area contributed by atoms with E-state index in [9.17, 15) is 4.79 Å². The van der Waals surface area contributed by atoms with Gasteiger partial charge in [0.05, 0.1) is 18.2 Å². The highest BCUT2D eigenvalue weighted by molar-refractivity contribution is 5.97. The minimum atomic E-state index is -0.0669. The van der Waals surface area contributed by atoms with Crippen LogP contribution in [0.4, 0.5) is 0 Å².